The van der Waals surface area contributed by atoms with E-state index >= 15 is 0 Å². The zero-order valence-corrected chi connectivity index (χ0v) is 15.1. The van der Waals surface area contributed by atoms with E-state index < -0.39 is 0 Å². The third-order valence-corrected chi connectivity index (χ3v) is 5.09. The van der Waals surface area contributed by atoms with E-state index in [0.717, 1.165) is 0 Å². The molecule has 0 bridgehead atoms. The Hall–Kier alpha value is -1.03. The van der Waals surface area contributed by atoms with E-state index in [1.165, 1.54) is 49.7 Å². The van der Waals surface area contributed by atoms with Crippen LogP contribution in [0, 0.1) is 0 Å². The lowest BCUT2D eigenvalue weighted by molar-refractivity contribution is 0.414. The molecule has 3 radical (unpaired) electrons. The Morgan fingerprint density at radius 1 is 0.682 bits per heavy atom. The first kappa shape index (κ1) is 17.3. The van der Waals surface area contributed by atoms with Crippen LogP contribution in [0.5, 0.6) is 0 Å². The molecule has 0 spiro atoms. The van der Waals surface area contributed by atoms with Crippen LogP contribution < -0.4 is 0 Å². The Morgan fingerprint density at radius 2 is 1.09 bits per heavy atom. The highest BCUT2D eigenvalue weighted by atomic mass is 27.0. The molecule has 2 aromatic carbocycles. The molecule has 0 atom stereocenters. The summed E-state index contributed by atoms with van der Waals surface area (Å²) in [5.74, 6) is 0. The molecule has 0 unspecified atom stereocenters. The van der Waals surface area contributed by atoms with E-state index in [-0.39, 0.29) is 22.8 Å². The van der Waals surface area contributed by atoms with Crippen molar-refractivity contribution in [1.29, 1.82) is 0 Å². The third-order valence-electron chi connectivity index (χ3n) is 5.09. The van der Waals surface area contributed by atoms with Gasteiger partial charge in [-0.05, 0) is 35.1 Å². The van der Waals surface area contributed by atoms with E-state index in [9.17, 15) is 0 Å². The highest BCUT2D eigenvalue weighted by Gasteiger charge is 2.41. The molecule has 1 heteroatoms. The SMILES string of the molecule is CCCCC1(CCCC)c2ccccc2-c2ccccc21.[Al]. The van der Waals surface area contributed by atoms with E-state index in [2.05, 4.69) is 62.4 Å². The minimum absolute atomic E-state index is 0. The largest absolute Gasteiger partial charge is 0.0654 e. The predicted molar refractivity (Wildman–Crippen MR) is 97.5 cm³/mol. The number of fused-ring (bicyclic) bond motifs is 3. The van der Waals surface area contributed by atoms with Gasteiger partial charge in [0.1, 0.15) is 0 Å². The molecule has 0 heterocycles. The Balaban J connectivity index is 0.00000176. The molecule has 22 heavy (non-hydrogen) atoms. The summed E-state index contributed by atoms with van der Waals surface area (Å²) < 4.78 is 0. The van der Waals surface area contributed by atoms with Gasteiger partial charge in [-0.3, -0.25) is 0 Å². The van der Waals surface area contributed by atoms with Crippen molar-refractivity contribution in [3.05, 3.63) is 59.7 Å². The van der Waals surface area contributed by atoms with Gasteiger partial charge in [-0.25, -0.2) is 0 Å². The van der Waals surface area contributed by atoms with Crippen LogP contribution >= 0.6 is 0 Å². The van der Waals surface area contributed by atoms with E-state index in [1.54, 1.807) is 11.1 Å². The molecule has 2 aromatic rings. The van der Waals surface area contributed by atoms with Crippen molar-refractivity contribution >= 4 is 17.4 Å². The molecular formula is C21H26Al. The summed E-state index contributed by atoms with van der Waals surface area (Å²) in [4.78, 5) is 0. The standard InChI is InChI=1S/C21H26.Al/c1-3-5-15-21(16-6-4-2)19-13-9-7-11-17(19)18-12-8-10-14-20(18)21;/h7-14H,3-6,15-16H2,1-2H3;. The van der Waals surface area contributed by atoms with Gasteiger partial charge in [0.2, 0.25) is 0 Å². The number of hydrogen-bond donors (Lipinski definition) is 0. The molecule has 0 N–H and O–H groups in total. The monoisotopic (exact) mass is 305 g/mol. The second-order valence-electron chi connectivity index (χ2n) is 6.38. The quantitative estimate of drug-likeness (QED) is 0.578. The van der Waals surface area contributed by atoms with E-state index in [1.807, 2.05) is 0 Å². The minimum atomic E-state index is 0. The molecule has 1 aliphatic carbocycles. The Labute approximate surface area is 146 Å². The minimum Gasteiger partial charge on any atom is -0.0654 e. The van der Waals surface area contributed by atoms with Crippen LogP contribution in [-0.4, -0.2) is 17.4 Å². The summed E-state index contributed by atoms with van der Waals surface area (Å²) in [6, 6.07) is 18.2. The second-order valence-corrected chi connectivity index (χ2v) is 6.38. The average Bonchev–Trinajstić information content (AvgIpc) is 2.82. The molecule has 0 nitrogen and oxygen atoms in total. The molecule has 1 aliphatic rings. The first-order valence-electron chi connectivity index (χ1n) is 8.53. The topological polar surface area (TPSA) is 0 Å². The van der Waals surface area contributed by atoms with Crippen LogP contribution in [0.15, 0.2) is 48.5 Å². The molecular weight excluding hydrogens is 279 g/mol. The van der Waals surface area contributed by atoms with Gasteiger partial charge in [-0.15, -0.1) is 0 Å². The number of hydrogen-bond acceptors (Lipinski definition) is 0. The zero-order valence-electron chi connectivity index (χ0n) is 13.9. The van der Waals surface area contributed by atoms with Gasteiger partial charge in [0.05, 0.1) is 0 Å². The Bertz CT molecular complexity index is 559. The van der Waals surface area contributed by atoms with Crippen LogP contribution in [0.1, 0.15) is 63.5 Å². The lowest BCUT2D eigenvalue weighted by atomic mass is 9.71. The summed E-state index contributed by atoms with van der Waals surface area (Å²) >= 11 is 0. The summed E-state index contributed by atoms with van der Waals surface area (Å²) in [5, 5.41) is 0. The molecule has 0 saturated heterocycles. The maximum atomic E-state index is 2.38. The van der Waals surface area contributed by atoms with Crippen molar-refractivity contribution in [1.82, 2.24) is 0 Å². The van der Waals surface area contributed by atoms with E-state index in [4.69, 9.17) is 0 Å². The van der Waals surface area contributed by atoms with Crippen molar-refractivity contribution in [3.8, 4) is 11.1 Å². The van der Waals surface area contributed by atoms with Crippen molar-refractivity contribution < 1.29 is 0 Å². The van der Waals surface area contributed by atoms with Gasteiger partial charge in [0, 0.05) is 22.8 Å². The fourth-order valence-electron chi connectivity index (χ4n) is 4.04. The first-order valence-corrected chi connectivity index (χ1v) is 8.53. The lowest BCUT2D eigenvalue weighted by Crippen LogP contribution is -2.25. The van der Waals surface area contributed by atoms with Gasteiger partial charge < -0.3 is 0 Å². The first-order chi connectivity index (χ1) is 10.3. The van der Waals surface area contributed by atoms with Gasteiger partial charge in [-0.2, -0.15) is 0 Å². The van der Waals surface area contributed by atoms with Crippen molar-refractivity contribution in [3.63, 3.8) is 0 Å². The maximum Gasteiger partial charge on any atom is 0.0215 e. The number of benzene rings is 2. The van der Waals surface area contributed by atoms with Crippen LogP contribution in [0.4, 0.5) is 0 Å². The van der Waals surface area contributed by atoms with Gasteiger partial charge in [0.25, 0.3) is 0 Å². The average molecular weight is 305 g/mol. The third kappa shape index (κ3) is 2.78. The summed E-state index contributed by atoms with van der Waals surface area (Å²) in [5.41, 5.74) is 6.36. The lowest BCUT2D eigenvalue weighted by Gasteiger charge is -2.32. The van der Waals surface area contributed by atoms with Crippen molar-refractivity contribution in [2.45, 2.75) is 57.8 Å². The van der Waals surface area contributed by atoms with Gasteiger partial charge in [-0.1, -0.05) is 88.1 Å². The molecule has 0 saturated carbocycles. The smallest absolute Gasteiger partial charge is 0.0215 e. The highest BCUT2D eigenvalue weighted by Crippen LogP contribution is 2.53. The van der Waals surface area contributed by atoms with Gasteiger partial charge >= 0.3 is 0 Å². The van der Waals surface area contributed by atoms with Crippen LogP contribution in [-0.2, 0) is 5.41 Å². The summed E-state index contributed by atoms with van der Waals surface area (Å²) in [6.45, 7) is 4.61. The summed E-state index contributed by atoms with van der Waals surface area (Å²) in [7, 11) is 0. The normalized spacial score (nSPS) is 14.1. The maximum absolute atomic E-state index is 2.38. The molecule has 0 aromatic heterocycles. The highest BCUT2D eigenvalue weighted by molar-refractivity contribution is 5.80. The van der Waals surface area contributed by atoms with Crippen LogP contribution in [0.2, 0.25) is 0 Å². The van der Waals surface area contributed by atoms with E-state index in [0.29, 0.717) is 0 Å². The molecule has 0 fully saturated rings. The number of rotatable bonds is 6. The van der Waals surface area contributed by atoms with Crippen molar-refractivity contribution in [2.24, 2.45) is 0 Å². The van der Waals surface area contributed by atoms with Crippen molar-refractivity contribution in [2.75, 3.05) is 0 Å². The second kappa shape index (κ2) is 7.49. The van der Waals surface area contributed by atoms with Gasteiger partial charge in [0.15, 0.2) is 0 Å². The van der Waals surface area contributed by atoms with Crippen LogP contribution in [0.3, 0.4) is 0 Å². The molecule has 3 rings (SSSR count). The predicted octanol–water partition coefficient (Wildman–Crippen LogP) is 5.95. The Kier molecular flexibility index (Phi) is 5.90. The fourth-order valence-corrected chi connectivity index (χ4v) is 4.04. The van der Waals surface area contributed by atoms with Crippen LogP contribution in [0.25, 0.3) is 11.1 Å². The molecule has 0 amide bonds. The fraction of sp³-hybridized carbons (Fsp3) is 0.429. The molecule has 113 valence electrons. The number of unbranched alkanes of at least 4 members (excludes halogenated alkanes) is 2. The summed E-state index contributed by atoms with van der Waals surface area (Å²) in [6.07, 6.45) is 7.75. The zero-order chi connectivity index (χ0) is 14.7. The molecule has 0 aliphatic heterocycles. The Morgan fingerprint density at radius 3 is 1.50 bits per heavy atom.